The second-order valence-electron chi connectivity index (χ2n) is 9.81. The molecule has 7 nitrogen and oxygen atoms in total. The van der Waals surface area contributed by atoms with Crippen LogP contribution >= 0.6 is 0 Å². The van der Waals surface area contributed by atoms with Gasteiger partial charge in [0.2, 0.25) is 0 Å². The number of para-hydroxylation sites is 1. The molecule has 2 fully saturated rings. The van der Waals surface area contributed by atoms with Gasteiger partial charge in [-0.3, -0.25) is 9.88 Å². The maximum Gasteiger partial charge on any atom is 0.319 e. The molecule has 1 saturated carbocycles. The summed E-state index contributed by atoms with van der Waals surface area (Å²) in [7, 11) is 0. The number of nitrogens with two attached hydrogens (primary N) is 1. The molecule has 3 aromatic carbocycles. The van der Waals surface area contributed by atoms with E-state index in [0.717, 1.165) is 83.8 Å². The molecule has 2 unspecified atom stereocenters. The Morgan fingerprint density at radius 2 is 1.76 bits per heavy atom. The molecule has 7 heteroatoms. The van der Waals surface area contributed by atoms with Gasteiger partial charge in [0.15, 0.2) is 0 Å². The lowest BCUT2D eigenvalue weighted by Crippen LogP contribution is -2.35. The number of nitrogens with zero attached hydrogens (tertiary/aromatic N) is 2. The van der Waals surface area contributed by atoms with E-state index >= 15 is 0 Å². The number of ether oxygens (including phenoxy) is 1. The number of anilines is 2. The number of morpholine rings is 1. The van der Waals surface area contributed by atoms with Crippen molar-refractivity contribution >= 4 is 28.2 Å². The molecule has 1 aromatic heterocycles. The summed E-state index contributed by atoms with van der Waals surface area (Å²) in [5, 5.41) is 8.23. The minimum absolute atomic E-state index is 0.0947. The first-order valence-electron chi connectivity index (χ1n) is 12.8. The van der Waals surface area contributed by atoms with E-state index in [4.69, 9.17) is 15.5 Å². The van der Waals surface area contributed by atoms with Crippen molar-refractivity contribution in [1.82, 2.24) is 15.2 Å². The SMILES string of the molecule is Nc1ccccc1C1CC1NC(=O)Nc1ccc(-c2ccc(CN3CCOCC3)nc2)c2ccccc12. The predicted molar refractivity (Wildman–Crippen MR) is 147 cm³/mol. The molecule has 1 saturated heterocycles. The van der Waals surface area contributed by atoms with Gasteiger partial charge in [0, 0.05) is 54.4 Å². The Morgan fingerprint density at radius 3 is 2.54 bits per heavy atom. The number of carbonyl (C=O) groups is 1. The van der Waals surface area contributed by atoms with Crippen molar-refractivity contribution in [3.05, 3.63) is 90.3 Å². The van der Waals surface area contributed by atoms with Crippen LogP contribution in [-0.4, -0.2) is 48.3 Å². The van der Waals surface area contributed by atoms with Crippen molar-refractivity contribution in [2.45, 2.75) is 24.9 Å². The highest BCUT2D eigenvalue weighted by Gasteiger charge is 2.40. The zero-order valence-corrected chi connectivity index (χ0v) is 20.7. The number of pyridine rings is 1. The van der Waals surface area contributed by atoms with Crippen molar-refractivity contribution in [3.63, 3.8) is 0 Å². The number of amides is 2. The van der Waals surface area contributed by atoms with Crippen LogP contribution in [0.1, 0.15) is 23.6 Å². The first kappa shape index (κ1) is 23.5. The highest BCUT2D eigenvalue weighted by atomic mass is 16.5. The van der Waals surface area contributed by atoms with Gasteiger partial charge in [-0.25, -0.2) is 4.79 Å². The van der Waals surface area contributed by atoms with Crippen molar-refractivity contribution in [1.29, 1.82) is 0 Å². The standard InChI is InChI=1S/C30H31N5O2/c31-27-8-4-3-6-24(27)26-17-29(26)34-30(36)33-28-12-11-22(23-5-1-2-7-25(23)28)20-9-10-21(32-18-20)19-35-13-15-37-16-14-35/h1-12,18,26,29H,13-17,19,31H2,(H2,33,34,36). The van der Waals surface area contributed by atoms with E-state index in [1.165, 1.54) is 0 Å². The second kappa shape index (κ2) is 10.2. The summed E-state index contributed by atoms with van der Waals surface area (Å²) in [6.07, 6.45) is 2.84. The zero-order chi connectivity index (χ0) is 25.2. The number of hydrogen-bond donors (Lipinski definition) is 3. The van der Waals surface area contributed by atoms with Crippen LogP contribution in [0.5, 0.6) is 0 Å². The second-order valence-corrected chi connectivity index (χ2v) is 9.81. The summed E-state index contributed by atoms with van der Waals surface area (Å²) in [5.41, 5.74) is 12.0. The third-order valence-corrected chi connectivity index (χ3v) is 7.30. The third-order valence-electron chi connectivity index (χ3n) is 7.30. The van der Waals surface area contributed by atoms with Crippen LogP contribution in [0.25, 0.3) is 21.9 Å². The van der Waals surface area contributed by atoms with Crippen molar-refractivity contribution in [3.8, 4) is 11.1 Å². The molecule has 6 rings (SSSR count). The van der Waals surface area contributed by atoms with Crippen LogP contribution in [0.2, 0.25) is 0 Å². The summed E-state index contributed by atoms with van der Waals surface area (Å²) in [6.45, 7) is 4.29. The number of urea groups is 1. The molecular weight excluding hydrogens is 462 g/mol. The fourth-order valence-corrected chi connectivity index (χ4v) is 5.20. The maximum absolute atomic E-state index is 12.8. The highest BCUT2D eigenvalue weighted by molar-refractivity contribution is 6.07. The fraction of sp³-hybridized carbons (Fsp3) is 0.267. The molecule has 37 heavy (non-hydrogen) atoms. The summed E-state index contributed by atoms with van der Waals surface area (Å²) in [4.78, 5) is 19.9. The van der Waals surface area contributed by atoms with Crippen LogP contribution in [0.3, 0.4) is 0 Å². The summed E-state index contributed by atoms with van der Waals surface area (Å²) in [5.74, 6) is 0.268. The molecule has 4 N–H and O–H groups in total. The Balaban J connectivity index is 1.16. The van der Waals surface area contributed by atoms with Gasteiger partial charge in [-0.15, -0.1) is 0 Å². The van der Waals surface area contributed by atoms with Gasteiger partial charge in [-0.05, 0) is 41.1 Å². The Bertz CT molecular complexity index is 1420. The number of carbonyl (C=O) groups excluding carboxylic acids is 1. The van der Waals surface area contributed by atoms with Crippen LogP contribution in [0.4, 0.5) is 16.2 Å². The van der Waals surface area contributed by atoms with E-state index in [-0.39, 0.29) is 18.0 Å². The van der Waals surface area contributed by atoms with E-state index in [2.05, 4.69) is 39.8 Å². The molecule has 2 atom stereocenters. The summed E-state index contributed by atoms with van der Waals surface area (Å²) >= 11 is 0. The van der Waals surface area contributed by atoms with E-state index in [0.29, 0.717) is 0 Å². The van der Waals surface area contributed by atoms with Gasteiger partial charge >= 0.3 is 6.03 Å². The van der Waals surface area contributed by atoms with Gasteiger partial charge in [0.1, 0.15) is 0 Å². The number of nitrogen functional groups attached to an aromatic ring is 1. The first-order valence-corrected chi connectivity index (χ1v) is 12.8. The molecule has 188 valence electrons. The normalized spacial score (nSPS) is 19.5. The minimum atomic E-state index is -0.200. The quantitative estimate of drug-likeness (QED) is 0.329. The number of nitrogens with one attached hydrogen (secondary N) is 2. The summed E-state index contributed by atoms with van der Waals surface area (Å²) in [6, 6.07) is 24.2. The maximum atomic E-state index is 12.8. The minimum Gasteiger partial charge on any atom is -0.398 e. The average Bonchev–Trinajstić information content (AvgIpc) is 3.69. The molecule has 1 aliphatic carbocycles. The lowest BCUT2D eigenvalue weighted by Gasteiger charge is -2.26. The third kappa shape index (κ3) is 5.14. The smallest absolute Gasteiger partial charge is 0.319 e. The van der Waals surface area contributed by atoms with Crippen molar-refractivity contribution in [2.24, 2.45) is 0 Å². The van der Waals surface area contributed by atoms with Gasteiger partial charge in [-0.1, -0.05) is 54.6 Å². The number of rotatable bonds is 6. The van der Waals surface area contributed by atoms with E-state index in [1.54, 1.807) is 0 Å². The fourth-order valence-electron chi connectivity index (χ4n) is 5.20. The Morgan fingerprint density at radius 1 is 0.973 bits per heavy atom. The molecule has 0 radical (unpaired) electrons. The van der Waals surface area contributed by atoms with Gasteiger partial charge in [0.05, 0.1) is 24.6 Å². The molecule has 4 aromatic rings. The van der Waals surface area contributed by atoms with Crippen LogP contribution < -0.4 is 16.4 Å². The zero-order valence-electron chi connectivity index (χ0n) is 20.7. The van der Waals surface area contributed by atoms with Crippen LogP contribution in [0, 0.1) is 0 Å². The molecule has 0 bridgehead atoms. The van der Waals surface area contributed by atoms with Gasteiger partial charge in [-0.2, -0.15) is 0 Å². The largest absolute Gasteiger partial charge is 0.398 e. The van der Waals surface area contributed by atoms with E-state index < -0.39 is 0 Å². The van der Waals surface area contributed by atoms with Crippen LogP contribution in [-0.2, 0) is 11.3 Å². The monoisotopic (exact) mass is 493 g/mol. The van der Waals surface area contributed by atoms with Gasteiger partial charge < -0.3 is 21.1 Å². The van der Waals surface area contributed by atoms with Crippen molar-refractivity contribution < 1.29 is 9.53 Å². The lowest BCUT2D eigenvalue weighted by molar-refractivity contribution is 0.0336. The molecule has 2 amide bonds. The molecular formula is C30H31N5O2. The van der Waals surface area contributed by atoms with Crippen LogP contribution in [0.15, 0.2) is 79.0 Å². The predicted octanol–water partition coefficient (Wildman–Crippen LogP) is 4.99. The lowest BCUT2D eigenvalue weighted by atomic mass is 9.98. The van der Waals surface area contributed by atoms with E-state index in [1.807, 2.05) is 54.7 Å². The molecule has 2 aliphatic rings. The van der Waals surface area contributed by atoms with E-state index in [9.17, 15) is 4.79 Å². The number of hydrogen-bond acceptors (Lipinski definition) is 5. The number of aromatic nitrogens is 1. The Labute approximate surface area is 216 Å². The van der Waals surface area contributed by atoms with Gasteiger partial charge in [0.25, 0.3) is 0 Å². The Hall–Kier alpha value is -3.94. The van der Waals surface area contributed by atoms with Crippen molar-refractivity contribution in [2.75, 3.05) is 37.4 Å². The summed E-state index contributed by atoms with van der Waals surface area (Å²) < 4.78 is 5.44. The molecule has 0 spiro atoms. The average molecular weight is 494 g/mol. The highest BCUT2D eigenvalue weighted by Crippen LogP contribution is 2.43. The number of benzene rings is 3. The Kier molecular flexibility index (Phi) is 6.47. The first-order chi connectivity index (χ1) is 18.2. The molecule has 2 heterocycles. The molecule has 1 aliphatic heterocycles. The topological polar surface area (TPSA) is 92.5 Å². The number of fused-ring (bicyclic) bond motifs is 1.